The van der Waals surface area contributed by atoms with Crippen molar-refractivity contribution in [2.45, 2.75) is 45.8 Å². The number of nitrogens with one attached hydrogen (secondary N) is 1. The van der Waals surface area contributed by atoms with E-state index in [1.807, 2.05) is 13.8 Å². The second kappa shape index (κ2) is 9.53. The zero-order valence-corrected chi connectivity index (χ0v) is 18.5. The van der Waals surface area contributed by atoms with Crippen molar-refractivity contribution in [1.82, 2.24) is 14.9 Å². The number of nitrogens with zero attached hydrogens (tertiary/aromatic N) is 2. The number of aromatic nitrogens is 2. The van der Waals surface area contributed by atoms with Crippen LogP contribution in [0.3, 0.4) is 0 Å². The van der Waals surface area contributed by atoms with Crippen LogP contribution in [0.25, 0.3) is 5.52 Å². The third kappa shape index (κ3) is 5.45. The van der Waals surface area contributed by atoms with E-state index < -0.39 is 17.4 Å². The molecule has 0 aliphatic heterocycles. The van der Waals surface area contributed by atoms with Gasteiger partial charge in [-0.1, -0.05) is 37.1 Å². The van der Waals surface area contributed by atoms with Gasteiger partial charge in [0, 0.05) is 23.7 Å². The molecule has 0 spiro atoms. The quantitative estimate of drug-likeness (QED) is 0.524. The minimum atomic E-state index is -0.616. The molecule has 0 bridgehead atoms. The van der Waals surface area contributed by atoms with Gasteiger partial charge in [-0.05, 0) is 38.5 Å². The number of nitrogens with two attached hydrogens (primary N) is 1. The zero-order valence-electron chi connectivity index (χ0n) is 17.7. The number of ether oxygens (including phenoxy) is 2. The summed E-state index contributed by atoms with van der Waals surface area (Å²) < 4.78 is 26.8. The van der Waals surface area contributed by atoms with Gasteiger partial charge in [0.15, 0.2) is 5.75 Å². The van der Waals surface area contributed by atoms with E-state index in [4.69, 9.17) is 26.8 Å². The molecule has 0 aliphatic rings. The van der Waals surface area contributed by atoms with Gasteiger partial charge >= 0.3 is 6.09 Å². The van der Waals surface area contributed by atoms with Crippen LogP contribution in [0.15, 0.2) is 36.4 Å². The predicted molar refractivity (Wildman–Crippen MR) is 117 cm³/mol. The smallest absolute Gasteiger partial charge is 0.412 e. The van der Waals surface area contributed by atoms with Gasteiger partial charge in [0.05, 0.1) is 5.02 Å². The molecule has 1 aromatic carbocycles. The Balaban J connectivity index is 1.76. The topological polar surface area (TPSA) is 90.9 Å². The van der Waals surface area contributed by atoms with Gasteiger partial charge in [-0.3, -0.25) is 0 Å². The fourth-order valence-corrected chi connectivity index (χ4v) is 3.47. The van der Waals surface area contributed by atoms with Crippen LogP contribution in [0, 0.1) is 12.7 Å². The number of pyridine rings is 1. The van der Waals surface area contributed by atoms with E-state index in [1.54, 1.807) is 31.2 Å². The first-order valence-electron chi connectivity index (χ1n) is 10.0. The molecule has 3 N–H and O–H groups in total. The van der Waals surface area contributed by atoms with Crippen LogP contribution in [-0.2, 0) is 6.61 Å². The Kier molecular flexibility index (Phi) is 7.02. The van der Waals surface area contributed by atoms with Crippen LogP contribution < -0.4 is 20.5 Å². The number of carbonyl (C=O) groups excluding carboxylic acids is 1. The normalized spacial score (nSPS) is 13.1. The van der Waals surface area contributed by atoms with E-state index in [2.05, 4.69) is 10.4 Å². The van der Waals surface area contributed by atoms with Crippen LogP contribution >= 0.6 is 11.6 Å². The van der Waals surface area contributed by atoms with Crippen molar-refractivity contribution in [1.29, 1.82) is 0 Å². The van der Waals surface area contributed by atoms with Gasteiger partial charge in [-0.15, -0.1) is 0 Å². The third-order valence-electron chi connectivity index (χ3n) is 4.82. The number of fused-ring (bicyclic) bond motifs is 1. The second-order valence-electron chi connectivity index (χ2n) is 7.71. The van der Waals surface area contributed by atoms with E-state index in [9.17, 15) is 9.18 Å². The predicted octanol–water partition coefficient (Wildman–Crippen LogP) is 4.62. The van der Waals surface area contributed by atoms with Crippen LogP contribution in [0.2, 0.25) is 5.02 Å². The molecule has 0 aliphatic carbocycles. The molecule has 31 heavy (non-hydrogen) atoms. The van der Waals surface area contributed by atoms with Gasteiger partial charge in [0.1, 0.15) is 23.6 Å². The first-order valence-corrected chi connectivity index (χ1v) is 10.4. The van der Waals surface area contributed by atoms with E-state index in [0.29, 0.717) is 22.8 Å². The zero-order chi connectivity index (χ0) is 22.6. The SMILES string of the molecule is CCCC(C)(N)CNC(=O)Oc1c(C)nn2c(OCc3c(F)cccc3Cl)cccc12. The Labute approximate surface area is 185 Å². The second-order valence-corrected chi connectivity index (χ2v) is 8.12. The van der Waals surface area contributed by atoms with Crippen LogP contribution in [-0.4, -0.2) is 27.8 Å². The lowest BCUT2D eigenvalue weighted by atomic mass is 9.98. The summed E-state index contributed by atoms with van der Waals surface area (Å²) in [5.41, 5.74) is 6.92. The average Bonchev–Trinajstić information content (AvgIpc) is 3.02. The largest absolute Gasteiger partial charge is 0.473 e. The molecule has 2 aromatic heterocycles. The number of amides is 1. The summed E-state index contributed by atoms with van der Waals surface area (Å²) in [6, 6.07) is 9.61. The van der Waals surface area contributed by atoms with Crippen molar-refractivity contribution in [2.75, 3.05) is 6.54 Å². The number of halogens is 2. The van der Waals surface area contributed by atoms with Crippen molar-refractivity contribution < 1.29 is 18.7 Å². The van der Waals surface area contributed by atoms with Gasteiger partial charge < -0.3 is 20.5 Å². The molecule has 166 valence electrons. The molecule has 0 fully saturated rings. The van der Waals surface area contributed by atoms with Gasteiger partial charge in [0.2, 0.25) is 5.88 Å². The number of carbonyl (C=O) groups is 1. The molecule has 3 rings (SSSR count). The molecule has 1 atom stereocenters. The fraction of sp³-hybridized carbons (Fsp3) is 0.364. The van der Waals surface area contributed by atoms with E-state index in [-0.39, 0.29) is 23.7 Å². The number of benzene rings is 1. The highest BCUT2D eigenvalue weighted by molar-refractivity contribution is 6.31. The van der Waals surface area contributed by atoms with Crippen molar-refractivity contribution in [3.8, 4) is 11.6 Å². The molecule has 1 unspecified atom stereocenters. The lowest BCUT2D eigenvalue weighted by Crippen LogP contribution is -2.48. The van der Waals surface area contributed by atoms with E-state index in [0.717, 1.165) is 12.8 Å². The Bertz CT molecular complexity index is 1060. The summed E-state index contributed by atoms with van der Waals surface area (Å²) in [4.78, 5) is 12.3. The standard InChI is InChI=1S/C22H26ClFN4O3/c1-4-11-22(3,25)13-26-21(29)31-20-14(2)27-28-18(20)9-6-10-19(28)30-12-15-16(23)7-5-8-17(15)24/h5-10H,4,11-13,25H2,1-3H3,(H,26,29). The van der Waals surface area contributed by atoms with Gasteiger partial charge in [0.25, 0.3) is 0 Å². The number of aryl methyl sites for hydroxylation is 1. The molecular weight excluding hydrogens is 423 g/mol. The van der Waals surface area contributed by atoms with Crippen molar-refractivity contribution in [3.05, 3.63) is 58.5 Å². The highest BCUT2D eigenvalue weighted by Gasteiger charge is 2.21. The highest BCUT2D eigenvalue weighted by Crippen LogP contribution is 2.29. The van der Waals surface area contributed by atoms with Crippen molar-refractivity contribution in [3.63, 3.8) is 0 Å². The van der Waals surface area contributed by atoms with Crippen molar-refractivity contribution >= 4 is 23.2 Å². The number of hydrogen-bond donors (Lipinski definition) is 2. The monoisotopic (exact) mass is 448 g/mol. The summed E-state index contributed by atoms with van der Waals surface area (Å²) in [5.74, 6) is 0.209. The lowest BCUT2D eigenvalue weighted by molar-refractivity contribution is 0.197. The maximum absolute atomic E-state index is 14.0. The Morgan fingerprint density at radius 1 is 1.32 bits per heavy atom. The maximum atomic E-state index is 14.0. The fourth-order valence-electron chi connectivity index (χ4n) is 3.25. The summed E-state index contributed by atoms with van der Waals surface area (Å²) in [6.07, 6.45) is 1.07. The van der Waals surface area contributed by atoms with Gasteiger partial charge in [-0.2, -0.15) is 9.61 Å². The molecule has 2 heterocycles. The Hall–Kier alpha value is -2.84. The van der Waals surface area contributed by atoms with Crippen LogP contribution in [0.5, 0.6) is 11.6 Å². The maximum Gasteiger partial charge on any atom is 0.412 e. The van der Waals surface area contributed by atoms with Gasteiger partial charge in [-0.25, -0.2) is 9.18 Å². The van der Waals surface area contributed by atoms with Crippen LogP contribution in [0.4, 0.5) is 9.18 Å². The summed E-state index contributed by atoms with van der Waals surface area (Å²) in [6.45, 7) is 5.84. The van der Waals surface area contributed by atoms with E-state index in [1.165, 1.54) is 16.6 Å². The molecule has 0 radical (unpaired) electrons. The molecule has 3 aromatic rings. The summed E-state index contributed by atoms with van der Waals surface area (Å²) in [7, 11) is 0. The first-order chi connectivity index (χ1) is 14.7. The summed E-state index contributed by atoms with van der Waals surface area (Å²) in [5, 5.41) is 7.38. The lowest BCUT2D eigenvalue weighted by Gasteiger charge is -2.23. The molecular formula is C22H26ClFN4O3. The Morgan fingerprint density at radius 3 is 2.77 bits per heavy atom. The number of hydrogen-bond acceptors (Lipinski definition) is 5. The minimum absolute atomic E-state index is 0.0767. The molecule has 0 saturated carbocycles. The molecule has 7 nitrogen and oxygen atoms in total. The highest BCUT2D eigenvalue weighted by atomic mass is 35.5. The minimum Gasteiger partial charge on any atom is -0.473 e. The van der Waals surface area contributed by atoms with E-state index >= 15 is 0 Å². The average molecular weight is 449 g/mol. The molecule has 1 amide bonds. The van der Waals surface area contributed by atoms with Crippen molar-refractivity contribution in [2.24, 2.45) is 5.73 Å². The summed E-state index contributed by atoms with van der Waals surface area (Å²) >= 11 is 6.07. The third-order valence-corrected chi connectivity index (χ3v) is 5.17. The number of rotatable bonds is 8. The molecule has 0 saturated heterocycles. The first kappa shape index (κ1) is 22.8. The Morgan fingerprint density at radius 2 is 2.06 bits per heavy atom. The van der Waals surface area contributed by atoms with Crippen LogP contribution in [0.1, 0.15) is 37.9 Å². The molecule has 9 heteroatoms.